The Hall–Kier alpha value is -2.59. The van der Waals surface area contributed by atoms with E-state index < -0.39 is 0 Å². The van der Waals surface area contributed by atoms with E-state index in [0.717, 1.165) is 55.8 Å². The van der Waals surface area contributed by atoms with Crippen LogP contribution in [0.5, 0.6) is 0 Å². The van der Waals surface area contributed by atoms with E-state index in [1.165, 1.54) is 5.56 Å². The molecule has 158 valence electrons. The van der Waals surface area contributed by atoms with Crippen molar-refractivity contribution in [1.29, 1.82) is 0 Å². The minimum atomic E-state index is -0.0660. The summed E-state index contributed by atoms with van der Waals surface area (Å²) in [7, 11) is 0. The van der Waals surface area contributed by atoms with Crippen molar-refractivity contribution in [2.24, 2.45) is 11.8 Å². The maximum absolute atomic E-state index is 13.7. The lowest BCUT2D eigenvalue weighted by Gasteiger charge is -2.34. The average molecular weight is 404 g/mol. The molecular formula is C26H33N3O. The number of para-hydroxylation sites is 1. The molecule has 3 atom stereocenters. The Morgan fingerprint density at radius 1 is 1.07 bits per heavy atom. The summed E-state index contributed by atoms with van der Waals surface area (Å²) in [5, 5.41) is 7.00. The Balaban J connectivity index is 1.50. The molecule has 0 bridgehead atoms. The third-order valence-electron chi connectivity index (χ3n) is 6.43. The molecule has 2 aromatic carbocycles. The van der Waals surface area contributed by atoms with E-state index in [1.54, 1.807) is 0 Å². The fourth-order valence-corrected chi connectivity index (χ4v) is 4.94. The van der Waals surface area contributed by atoms with Crippen LogP contribution in [0.25, 0.3) is 0 Å². The molecule has 1 saturated heterocycles. The Morgan fingerprint density at radius 2 is 1.80 bits per heavy atom. The van der Waals surface area contributed by atoms with Gasteiger partial charge in [-0.3, -0.25) is 4.79 Å². The second-order valence-electron chi connectivity index (χ2n) is 8.90. The molecule has 4 rings (SSSR count). The zero-order valence-corrected chi connectivity index (χ0v) is 17.9. The number of hydrogen-bond donors (Lipinski definition) is 2. The van der Waals surface area contributed by atoms with Crippen LogP contribution in [-0.4, -0.2) is 43.5 Å². The average Bonchev–Trinajstić information content (AvgIpc) is 3.19. The van der Waals surface area contributed by atoms with Crippen molar-refractivity contribution >= 4 is 11.6 Å². The first-order valence-electron chi connectivity index (χ1n) is 11.1. The number of nitrogens with zero attached hydrogens (tertiary/aromatic N) is 1. The largest absolute Gasteiger partial charge is 0.385 e. The molecule has 2 N–H and O–H groups in total. The zero-order chi connectivity index (χ0) is 20.9. The summed E-state index contributed by atoms with van der Waals surface area (Å²) in [6.07, 6.45) is 1.91. The monoisotopic (exact) mass is 403 g/mol. The number of anilines is 1. The van der Waals surface area contributed by atoms with Gasteiger partial charge in [0.25, 0.3) is 0 Å². The Bertz CT molecular complexity index is 879. The van der Waals surface area contributed by atoms with Crippen LogP contribution in [-0.2, 0) is 11.2 Å². The molecule has 2 aromatic rings. The van der Waals surface area contributed by atoms with E-state index >= 15 is 0 Å². The SMILES string of the molecule is C=C(C)CN(C[C@@H]1CNC[C@H]1Cc1ccccc1)C(=O)C1CCNc2ccccc21. The highest BCUT2D eigenvalue weighted by atomic mass is 16.2. The fourth-order valence-electron chi connectivity index (χ4n) is 4.94. The smallest absolute Gasteiger partial charge is 0.230 e. The quantitative estimate of drug-likeness (QED) is 0.685. The van der Waals surface area contributed by atoms with Gasteiger partial charge in [0.05, 0.1) is 5.92 Å². The third-order valence-corrected chi connectivity index (χ3v) is 6.43. The van der Waals surface area contributed by atoms with Gasteiger partial charge in [0, 0.05) is 25.3 Å². The predicted octanol–water partition coefficient (Wildman–Crippen LogP) is 4.07. The van der Waals surface area contributed by atoms with Crippen LogP contribution in [0, 0.1) is 11.8 Å². The molecule has 2 aliphatic heterocycles. The summed E-state index contributed by atoms with van der Waals surface area (Å²) in [6, 6.07) is 18.9. The summed E-state index contributed by atoms with van der Waals surface area (Å²) in [5.74, 6) is 1.19. The Kier molecular flexibility index (Phi) is 6.53. The first-order valence-corrected chi connectivity index (χ1v) is 11.1. The van der Waals surface area contributed by atoms with Crippen molar-refractivity contribution in [2.45, 2.75) is 25.7 Å². The van der Waals surface area contributed by atoms with E-state index in [4.69, 9.17) is 0 Å². The maximum Gasteiger partial charge on any atom is 0.230 e. The van der Waals surface area contributed by atoms with Crippen LogP contribution in [0.2, 0.25) is 0 Å². The minimum Gasteiger partial charge on any atom is -0.385 e. The fraction of sp³-hybridized carbons (Fsp3) is 0.423. The van der Waals surface area contributed by atoms with Crippen LogP contribution >= 0.6 is 0 Å². The van der Waals surface area contributed by atoms with Crippen LogP contribution in [0.1, 0.15) is 30.4 Å². The first kappa shape index (κ1) is 20.7. The molecule has 2 heterocycles. The van der Waals surface area contributed by atoms with Crippen molar-refractivity contribution in [1.82, 2.24) is 10.2 Å². The van der Waals surface area contributed by atoms with Gasteiger partial charge < -0.3 is 15.5 Å². The minimum absolute atomic E-state index is 0.0660. The van der Waals surface area contributed by atoms with Gasteiger partial charge in [-0.2, -0.15) is 0 Å². The number of amides is 1. The van der Waals surface area contributed by atoms with Gasteiger partial charge in [-0.1, -0.05) is 60.7 Å². The number of hydrogen-bond acceptors (Lipinski definition) is 3. The lowest BCUT2D eigenvalue weighted by atomic mass is 9.87. The summed E-state index contributed by atoms with van der Waals surface area (Å²) in [5.41, 5.74) is 4.64. The predicted molar refractivity (Wildman–Crippen MR) is 124 cm³/mol. The summed E-state index contributed by atoms with van der Waals surface area (Å²) in [4.78, 5) is 15.8. The van der Waals surface area contributed by atoms with Gasteiger partial charge in [-0.05, 0) is 61.9 Å². The van der Waals surface area contributed by atoms with E-state index in [1.807, 2.05) is 19.1 Å². The molecule has 0 spiro atoms. The van der Waals surface area contributed by atoms with Crippen molar-refractivity contribution in [3.05, 3.63) is 77.9 Å². The van der Waals surface area contributed by atoms with E-state index in [2.05, 4.69) is 64.6 Å². The van der Waals surface area contributed by atoms with E-state index in [-0.39, 0.29) is 11.8 Å². The number of nitrogens with one attached hydrogen (secondary N) is 2. The molecule has 1 amide bonds. The highest BCUT2D eigenvalue weighted by Crippen LogP contribution is 2.33. The number of carbonyl (C=O) groups excluding carboxylic acids is 1. The number of rotatable bonds is 7. The molecule has 30 heavy (non-hydrogen) atoms. The van der Waals surface area contributed by atoms with Crippen molar-refractivity contribution < 1.29 is 4.79 Å². The molecule has 0 aliphatic carbocycles. The third kappa shape index (κ3) is 4.76. The van der Waals surface area contributed by atoms with Gasteiger partial charge in [-0.25, -0.2) is 0 Å². The second kappa shape index (κ2) is 9.48. The van der Waals surface area contributed by atoms with Crippen molar-refractivity contribution in [2.75, 3.05) is 38.0 Å². The number of fused-ring (bicyclic) bond motifs is 1. The Morgan fingerprint density at radius 3 is 2.60 bits per heavy atom. The van der Waals surface area contributed by atoms with Crippen molar-refractivity contribution in [3.8, 4) is 0 Å². The maximum atomic E-state index is 13.7. The number of carbonyl (C=O) groups is 1. The second-order valence-corrected chi connectivity index (χ2v) is 8.90. The van der Waals surface area contributed by atoms with E-state index in [0.29, 0.717) is 18.4 Å². The molecule has 1 unspecified atom stereocenters. The van der Waals surface area contributed by atoms with Crippen LogP contribution in [0.3, 0.4) is 0 Å². The summed E-state index contributed by atoms with van der Waals surface area (Å²) >= 11 is 0. The standard InChI is InChI=1S/C26H33N3O/c1-19(2)17-29(26(30)24-12-13-28-25-11-7-6-10-23(24)25)18-22-16-27-15-21(22)14-20-8-4-3-5-9-20/h3-11,21-22,24,27-28H,1,12-18H2,2H3/t21-,22+,24?/m1/s1. The molecule has 4 heteroatoms. The summed E-state index contributed by atoms with van der Waals surface area (Å²) in [6.45, 7) is 10.4. The molecular weight excluding hydrogens is 370 g/mol. The first-order chi connectivity index (χ1) is 14.6. The normalized spacial score (nSPS) is 22.8. The van der Waals surface area contributed by atoms with Crippen LogP contribution < -0.4 is 10.6 Å². The molecule has 0 aromatic heterocycles. The lowest BCUT2D eigenvalue weighted by molar-refractivity contribution is -0.133. The van der Waals surface area contributed by atoms with E-state index in [9.17, 15) is 4.79 Å². The lowest BCUT2D eigenvalue weighted by Crippen LogP contribution is -2.42. The van der Waals surface area contributed by atoms with Gasteiger partial charge in [-0.15, -0.1) is 0 Å². The van der Waals surface area contributed by atoms with Gasteiger partial charge in [0.15, 0.2) is 0 Å². The Labute approximate surface area is 180 Å². The highest BCUT2D eigenvalue weighted by Gasteiger charge is 2.34. The molecule has 2 aliphatic rings. The van der Waals surface area contributed by atoms with Gasteiger partial charge in [0.1, 0.15) is 0 Å². The van der Waals surface area contributed by atoms with Gasteiger partial charge in [0.2, 0.25) is 5.91 Å². The molecule has 0 radical (unpaired) electrons. The molecule has 4 nitrogen and oxygen atoms in total. The van der Waals surface area contributed by atoms with Crippen LogP contribution in [0.4, 0.5) is 5.69 Å². The number of benzene rings is 2. The molecule has 0 saturated carbocycles. The topological polar surface area (TPSA) is 44.4 Å². The van der Waals surface area contributed by atoms with Crippen LogP contribution in [0.15, 0.2) is 66.7 Å². The summed E-state index contributed by atoms with van der Waals surface area (Å²) < 4.78 is 0. The zero-order valence-electron chi connectivity index (χ0n) is 17.9. The van der Waals surface area contributed by atoms with Crippen molar-refractivity contribution in [3.63, 3.8) is 0 Å². The molecule has 1 fully saturated rings. The highest BCUT2D eigenvalue weighted by molar-refractivity contribution is 5.86. The van der Waals surface area contributed by atoms with Gasteiger partial charge >= 0.3 is 0 Å².